The number of amides is 1. The number of pyridine rings is 1. The van der Waals surface area contributed by atoms with Crippen molar-refractivity contribution >= 4 is 22.8 Å². The Morgan fingerprint density at radius 3 is 2.89 bits per heavy atom. The Kier molecular flexibility index (Phi) is 5.25. The molecule has 0 spiro atoms. The molecule has 146 valence electrons. The van der Waals surface area contributed by atoms with Gasteiger partial charge in [0.05, 0.1) is 23.0 Å². The Balaban J connectivity index is 1.30. The summed E-state index contributed by atoms with van der Waals surface area (Å²) >= 11 is 0. The maximum absolute atomic E-state index is 12.3. The van der Waals surface area contributed by atoms with Crippen LogP contribution in [0.15, 0.2) is 55.0 Å². The lowest BCUT2D eigenvalue weighted by Gasteiger charge is -2.39. The highest BCUT2D eigenvalue weighted by Gasteiger charge is 2.34. The number of rotatable bonds is 6. The summed E-state index contributed by atoms with van der Waals surface area (Å²) in [5.74, 6) is 0.792. The van der Waals surface area contributed by atoms with Crippen molar-refractivity contribution in [1.29, 1.82) is 0 Å². The number of aromatic nitrogens is 3. The van der Waals surface area contributed by atoms with E-state index in [-0.39, 0.29) is 12.5 Å². The van der Waals surface area contributed by atoms with E-state index in [1.807, 2.05) is 47.0 Å². The lowest BCUT2D eigenvalue weighted by atomic mass is 9.92. The van der Waals surface area contributed by atoms with E-state index in [0.717, 1.165) is 29.8 Å². The van der Waals surface area contributed by atoms with Crippen molar-refractivity contribution in [2.24, 2.45) is 0 Å². The summed E-state index contributed by atoms with van der Waals surface area (Å²) in [5.41, 5.74) is 1.01. The summed E-state index contributed by atoms with van der Waals surface area (Å²) in [4.78, 5) is 23.1. The lowest BCUT2D eigenvalue weighted by Crippen LogP contribution is -2.54. The van der Waals surface area contributed by atoms with Gasteiger partial charge in [-0.25, -0.2) is 9.97 Å². The minimum Gasteiger partial charge on any atom is -0.386 e. The van der Waals surface area contributed by atoms with E-state index in [1.54, 1.807) is 12.5 Å². The number of aliphatic hydroxyl groups is 1. The van der Waals surface area contributed by atoms with Crippen LogP contribution in [0, 0.1) is 0 Å². The van der Waals surface area contributed by atoms with Gasteiger partial charge in [0, 0.05) is 38.8 Å². The molecule has 1 aliphatic rings. The summed E-state index contributed by atoms with van der Waals surface area (Å²) in [5, 5.41) is 13.9. The van der Waals surface area contributed by atoms with Gasteiger partial charge in [0.1, 0.15) is 5.82 Å². The number of anilines is 1. The highest BCUT2D eigenvalue weighted by Crippen LogP contribution is 2.24. The molecule has 1 atom stereocenters. The summed E-state index contributed by atoms with van der Waals surface area (Å²) in [6.07, 6.45) is 5.40. The Bertz CT molecular complexity index is 942. The van der Waals surface area contributed by atoms with Gasteiger partial charge in [0.2, 0.25) is 5.91 Å². The summed E-state index contributed by atoms with van der Waals surface area (Å²) in [7, 11) is 0. The Hall–Kier alpha value is -2.93. The molecule has 0 saturated carbocycles. The first-order chi connectivity index (χ1) is 13.6. The fraction of sp³-hybridized carbons (Fsp3) is 0.381. The average Bonchev–Trinajstić information content (AvgIpc) is 3.15. The minimum absolute atomic E-state index is 0.0684. The van der Waals surface area contributed by atoms with Gasteiger partial charge >= 0.3 is 0 Å². The number of aryl methyl sites for hydroxylation is 1. The summed E-state index contributed by atoms with van der Waals surface area (Å²) < 4.78 is 1.98. The highest BCUT2D eigenvalue weighted by molar-refractivity contribution is 5.77. The molecule has 3 aromatic rings. The van der Waals surface area contributed by atoms with Crippen molar-refractivity contribution in [3.8, 4) is 0 Å². The van der Waals surface area contributed by atoms with Crippen LogP contribution < -0.4 is 10.2 Å². The van der Waals surface area contributed by atoms with Crippen LogP contribution in [0.4, 0.5) is 5.82 Å². The second-order valence-corrected chi connectivity index (χ2v) is 7.39. The van der Waals surface area contributed by atoms with Crippen LogP contribution >= 0.6 is 0 Å². The number of piperidine rings is 1. The van der Waals surface area contributed by atoms with E-state index in [2.05, 4.69) is 20.2 Å². The van der Waals surface area contributed by atoms with Gasteiger partial charge in [-0.3, -0.25) is 4.79 Å². The molecule has 28 heavy (non-hydrogen) atoms. The standard InChI is InChI=1S/C21H25N5O2/c27-20(9-13-26-16-24-17-6-1-2-7-18(17)26)23-14-21(28)10-5-12-25(15-21)19-8-3-4-11-22-19/h1-4,6-8,11,16,28H,5,9-10,12-15H2,(H,23,27). The molecule has 7 nitrogen and oxygen atoms in total. The molecule has 2 aromatic heterocycles. The summed E-state index contributed by atoms with van der Waals surface area (Å²) in [6, 6.07) is 13.6. The number of β-amino-alcohol motifs (C(OH)–C–C–N with tert-alkyl or cyclic N) is 1. The molecular weight excluding hydrogens is 354 g/mol. The molecule has 1 aliphatic heterocycles. The van der Waals surface area contributed by atoms with Crippen molar-refractivity contribution in [3.05, 3.63) is 55.0 Å². The monoisotopic (exact) mass is 379 g/mol. The summed E-state index contributed by atoms with van der Waals surface area (Å²) in [6.45, 7) is 2.14. The molecule has 1 saturated heterocycles. The van der Waals surface area contributed by atoms with Gasteiger partial charge in [-0.1, -0.05) is 18.2 Å². The van der Waals surface area contributed by atoms with Crippen LogP contribution in [0.3, 0.4) is 0 Å². The molecule has 1 unspecified atom stereocenters. The van der Waals surface area contributed by atoms with E-state index >= 15 is 0 Å². The minimum atomic E-state index is -0.937. The fourth-order valence-electron chi connectivity index (χ4n) is 3.75. The van der Waals surface area contributed by atoms with Gasteiger partial charge in [0.15, 0.2) is 0 Å². The van der Waals surface area contributed by atoms with E-state index in [1.165, 1.54) is 0 Å². The van der Waals surface area contributed by atoms with Crippen LogP contribution in [-0.2, 0) is 11.3 Å². The number of carbonyl (C=O) groups is 1. The van der Waals surface area contributed by atoms with E-state index in [9.17, 15) is 9.90 Å². The van der Waals surface area contributed by atoms with Gasteiger partial charge in [-0.05, 0) is 37.1 Å². The first-order valence-electron chi connectivity index (χ1n) is 9.68. The maximum Gasteiger partial charge on any atom is 0.221 e. The first kappa shape index (κ1) is 18.4. The van der Waals surface area contributed by atoms with Crippen LogP contribution in [0.2, 0.25) is 0 Å². The van der Waals surface area contributed by atoms with Crippen LogP contribution in [0.25, 0.3) is 11.0 Å². The second kappa shape index (κ2) is 7.98. The topological polar surface area (TPSA) is 83.3 Å². The zero-order valence-electron chi connectivity index (χ0n) is 15.8. The maximum atomic E-state index is 12.3. The van der Waals surface area contributed by atoms with Gasteiger partial charge in [0.25, 0.3) is 0 Å². The van der Waals surface area contributed by atoms with Crippen LogP contribution in [-0.4, -0.2) is 50.8 Å². The number of nitrogens with zero attached hydrogens (tertiary/aromatic N) is 4. The molecule has 3 heterocycles. The Morgan fingerprint density at radius 1 is 1.18 bits per heavy atom. The number of nitrogens with one attached hydrogen (secondary N) is 1. The predicted octanol–water partition coefficient (Wildman–Crippen LogP) is 1.97. The normalized spacial score (nSPS) is 19.7. The molecule has 0 bridgehead atoms. The second-order valence-electron chi connectivity index (χ2n) is 7.39. The Morgan fingerprint density at radius 2 is 2.04 bits per heavy atom. The fourth-order valence-corrected chi connectivity index (χ4v) is 3.75. The van der Waals surface area contributed by atoms with Crippen LogP contribution in [0.1, 0.15) is 19.3 Å². The van der Waals surface area contributed by atoms with Crippen molar-refractivity contribution in [3.63, 3.8) is 0 Å². The van der Waals surface area contributed by atoms with Gasteiger partial charge in [-0.15, -0.1) is 0 Å². The smallest absolute Gasteiger partial charge is 0.221 e. The number of para-hydroxylation sites is 2. The highest BCUT2D eigenvalue weighted by atomic mass is 16.3. The van der Waals surface area contributed by atoms with E-state index < -0.39 is 5.60 Å². The number of carbonyl (C=O) groups excluding carboxylic acids is 1. The number of hydrogen-bond donors (Lipinski definition) is 2. The number of benzene rings is 1. The van der Waals surface area contributed by atoms with Crippen molar-refractivity contribution in [2.45, 2.75) is 31.4 Å². The average molecular weight is 379 g/mol. The molecule has 0 radical (unpaired) electrons. The number of fused-ring (bicyclic) bond motifs is 1. The molecule has 2 N–H and O–H groups in total. The molecule has 1 fully saturated rings. The zero-order valence-corrected chi connectivity index (χ0v) is 15.8. The molecule has 0 aliphatic carbocycles. The lowest BCUT2D eigenvalue weighted by molar-refractivity contribution is -0.122. The number of imidazole rings is 1. The third-order valence-electron chi connectivity index (χ3n) is 5.25. The van der Waals surface area contributed by atoms with E-state index in [0.29, 0.717) is 25.9 Å². The molecule has 1 aromatic carbocycles. The molecule has 4 rings (SSSR count). The largest absolute Gasteiger partial charge is 0.386 e. The van der Waals surface area contributed by atoms with Crippen molar-refractivity contribution in [2.75, 3.05) is 24.5 Å². The molecular formula is C21H25N5O2. The third-order valence-corrected chi connectivity index (χ3v) is 5.25. The molecule has 7 heteroatoms. The SMILES string of the molecule is O=C(CCn1cnc2ccccc21)NCC1(O)CCCN(c2ccccn2)C1. The van der Waals surface area contributed by atoms with Gasteiger partial charge < -0.3 is 19.9 Å². The first-order valence-corrected chi connectivity index (χ1v) is 9.68. The quantitative estimate of drug-likeness (QED) is 0.684. The zero-order chi connectivity index (χ0) is 19.4. The molecule has 1 amide bonds. The van der Waals surface area contributed by atoms with Gasteiger partial charge in [-0.2, -0.15) is 0 Å². The van der Waals surface area contributed by atoms with Crippen molar-refractivity contribution in [1.82, 2.24) is 19.9 Å². The number of hydrogen-bond acceptors (Lipinski definition) is 5. The van der Waals surface area contributed by atoms with E-state index in [4.69, 9.17) is 0 Å². The van der Waals surface area contributed by atoms with Crippen LogP contribution in [0.5, 0.6) is 0 Å². The van der Waals surface area contributed by atoms with Crippen molar-refractivity contribution < 1.29 is 9.90 Å². The Labute approximate surface area is 164 Å². The third kappa shape index (κ3) is 4.14. The predicted molar refractivity (Wildman–Crippen MR) is 108 cm³/mol.